The maximum atomic E-state index is 5.63. The van der Waals surface area contributed by atoms with E-state index in [-0.39, 0.29) is 0 Å². The molecular weight excluding hydrogens is 202 g/mol. The van der Waals surface area contributed by atoms with Crippen molar-refractivity contribution in [1.82, 2.24) is 0 Å². The molecule has 0 aliphatic heterocycles. The summed E-state index contributed by atoms with van der Waals surface area (Å²) in [5.74, 6) is 2.40. The molecule has 0 saturated heterocycles. The van der Waals surface area contributed by atoms with E-state index < -0.39 is 0 Å². The van der Waals surface area contributed by atoms with E-state index in [1.54, 1.807) is 0 Å². The number of nitrogen functional groups attached to an aromatic ring is 1. The highest BCUT2D eigenvalue weighted by molar-refractivity contribution is 7.98. The van der Waals surface area contributed by atoms with Crippen LogP contribution in [0.1, 0.15) is 38.2 Å². The number of nitrogens with two attached hydrogens (primary N) is 1. The second-order valence-corrected chi connectivity index (χ2v) is 4.96. The highest BCUT2D eigenvalue weighted by atomic mass is 32.2. The maximum Gasteiger partial charge on any atom is 0.0314 e. The summed E-state index contributed by atoms with van der Waals surface area (Å²) in [7, 11) is 0. The first-order chi connectivity index (χ1) is 7.33. The van der Waals surface area contributed by atoms with Gasteiger partial charge < -0.3 is 5.73 Å². The van der Waals surface area contributed by atoms with Crippen LogP contribution in [0.3, 0.4) is 0 Å². The summed E-state index contributed by atoms with van der Waals surface area (Å²) in [6.45, 7) is 2.25. The monoisotopic (exact) mass is 223 g/mol. The predicted octanol–water partition coefficient (Wildman–Crippen LogP) is 4.08. The van der Waals surface area contributed by atoms with Crippen LogP contribution in [0.25, 0.3) is 0 Å². The van der Waals surface area contributed by atoms with E-state index in [1.807, 2.05) is 23.9 Å². The zero-order valence-electron chi connectivity index (χ0n) is 9.54. The lowest BCUT2D eigenvalue weighted by molar-refractivity contribution is 0.706. The molecule has 0 fully saturated rings. The van der Waals surface area contributed by atoms with Crippen LogP contribution in [-0.4, -0.2) is 5.75 Å². The highest BCUT2D eigenvalue weighted by Gasteiger charge is 1.93. The van der Waals surface area contributed by atoms with Crippen LogP contribution in [0.2, 0.25) is 0 Å². The Labute approximate surface area is 97.4 Å². The van der Waals surface area contributed by atoms with Gasteiger partial charge in [0.2, 0.25) is 0 Å². The Balaban J connectivity index is 2.07. The quantitative estimate of drug-likeness (QED) is 0.557. The summed E-state index contributed by atoms with van der Waals surface area (Å²) in [4.78, 5) is 0. The molecule has 0 unspecified atom stereocenters. The molecule has 1 nitrogen and oxygen atoms in total. The molecule has 1 rings (SSSR count). The van der Waals surface area contributed by atoms with Gasteiger partial charge in [-0.25, -0.2) is 0 Å². The van der Waals surface area contributed by atoms with Crippen molar-refractivity contribution in [3.8, 4) is 0 Å². The van der Waals surface area contributed by atoms with Crippen LogP contribution >= 0.6 is 11.8 Å². The first-order valence-electron chi connectivity index (χ1n) is 5.75. The van der Waals surface area contributed by atoms with Crippen molar-refractivity contribution in [2.24, 2.45) is 0 Å². The van der Waals surface area contributed by atoms with Gasteiger partial charge in [0.05, 0.1) is 0 Å². The van der Waals surface area contributed by atoms with E-state index in [0.29, 0.717) is 0 Å². The summed E-state index contributed by atoms with van der Waals surface area (Å²) in [5, 5.41) is 0. The Morgan fingerprint density at radius 1 is 1.07 bits per heavy atom. The Morgan fingerprint density at radius 3 is 2.47 bits per heavy atom. The van der Waals surface area contributed by atoms with Gasteiger partial charge in [-0.1, -0.05) is 38.3 Å². The second-order valence-electron chi connectivity index (χ2n) is 3.85. The minimum atomic E-state index is 0.853. The lowest BCUT2D eigenvalue weighted by Crippen LogP contribution is -1.87. The average Bonchev–Trinajstić information content (AvgIpc) is 2.26. The first kappa shape index (κ1) is 12.4. The molecule has 0 atom stereocenters. The van der Waals surface area contributed by atoms with Crippen molar-refractivity contribution in [1.29, 1.82) is 0 Å². The van der Waals surface area contributed by atoms with Gasteiger partial charge in [0.1, 0.15) is 0 Å². The van der Waals surface area contributed by atoms with Crippen molar-refractivity contribution in [3.05, 3.63) is 29.8 Å². The van der Waals surface area contributed by atoms with Crippen LogP contribution in [-0.2, 0) is 5.75 Å². The molecule has 1 aromatic carbocycles. The van der Waals surface area contributed by atoms with E-state index in [4.69, 9.17) is 5.73 Å². The first-order valence-corrected chi connectivity index (χ1v) is 6.90. The molecule has 0 bridgehead atoms. The molecule has 0 spiro atoms. The molecule has 0 radical (unpaired) electrons. The van der Waals surface area contributed by atoms with Crippen LogP contribution in [0.15, 0.2) is 24.3 Å². The molecule has 84 valence electrons. The van der Waals surface area contributed by atoms with Gasteiger partial charge in [-0.15, -0.1) is 0 Å². The number of hydrogen-bond donors (Lipinski definition) is 1. The third kappa shape index (κ3) is 5.73. The topological polar surface area (TPSA) is 26.0 Å². The Morgan fingerprint density at radius 2 is 1.80 bits per heavy atom. The van der Waals surface area contributed by atoms with Gasteiger partial charge in [0.25, 0.3) is 0 Å². The van der Waals surface area contributed by atoms with E-state index in [9.17, 15) is 0 Å². The zero-order valence-corrected chi connectivity index (χ0v) is 10.4. The molecule has 15 heavy (non-hydrogen) atoms. The Kier molecular flexibility index (Phi) is 6.33. The highest BCUT2D eigenvalue weighted by Crippen LogP contribution is 2.15. The smallest absolute Gasteiger partial charge is 0.0314 e. The molecule has 0 aliphatic rings. The molecular formula is C13H21NS. The van der Waals surface area contributed by atoms with Crippen molar-refractivity contribution in [3.63, 3.8) is 0 Å². The van der Waals surface area contributed by atoms with Gasteiger partial charge in [-0.05, 0) is 29.9 Å². The van der Waals surface area contributed by atoms with Crippen LogP contribution in [0.4, 0.5) is 5.69 Å². The van der Waals surface area contributed by atoms with E-state index in [1.165, 1.54) is 37.0 Å². The van der Waals surface area contributed by atoms with Crippen molar-refractivity contribution < 1.29 is 0 Å². The summed E-state index contributed by atoms with van der Waals surface area (Å²) < 4.78 is 0. The van der Waals surface area contributed by atoms with Gasteiger partial charge >= 0.3 is 0 Å². The fraction of sp³-hybridized carbons (Fsp3) is 0.538. The summed E-state index contributed by atoms with van der Waals surface area (Å²) in [6, 6.07) is 8.20. The van der Waals surface area contributed by atoms with E-state index in [0.717, 1.165) is 11.4 Å². The molecule has 0 amide bonds. The van der Waals surface area contributed by atoms with Gasteiger partial charge in [-0.3, -0.25) is 0 Å². The number of benzene rings is 1. The SMILES string of the molecule is CCCCCCSCc1ccc(N)cc1. The lowest BCUT2D eigenvalue weighted by atomic mass is 10.2. The largest absolute Gasteiger partial charge is 0.399 e. The maximum absolute atomic E-state index is 5.63. The number of anilines is 1. The molecule has 1 aromatic rings. The standard InChI is InChI=1S/C13H21NS/c1-2-3-4-5-10-15-11-12-6-8-13(14)9-7-12/h6-9H,2-5,10-11,14H2,1H3. The van der Waals surface area contributed by atoms with E-state index in [2.05, 4.69) is 19.1 Å². The fourth-order valence-electron chi connectivity index (χ4n) is 1.43. The minimum Gasteiger partial charge on any atom is -0.399 e. The fourth-order valence-corrected chi connectivity index (χ4v) is 2.42. The van der Waals surface area contributed by atoms with Crippen LogP contribution < -0.4 is 5.73 Å². The lowest BCUT2D eigenvalue weighted by Gasteiger charge is -2.02. The van der Waals surface area contributed by atoms with Crippen molar-refractivity contribution in [2.75, 3.05) is 11.5 Å². The van der Waals surface area contributed by atoms with Crippen LogP contribution in [0, 0.1) is 0 Å². The Hall–Kier alpha value is -0.630. The van der Waals surface area contributed by atoms with E-state index >= 15 is 0 Å². The third-order valence-corrected chi connectivity index (χ3v) is 3.51. The number of unbranched alkanes of at least 4 members (excludes halogenated alkanes) is 3. The minimum absolute atomic E-state index is 0.853. The van der Waals surface area contributed by atoms with Gasteiger partial charge in [0, 0.05) is 11.4 Å². The molecule has 2 heteroatoms. The molecule has 0 saturated carbocycles. The van der Waals surface area contributed by atoms with Crippen molar-refractivity contribution >= 4 is 17.4 Å². The predicted molar refractivity (Wildman–Crippen MR) is 71.2 cm³/mol. The number of rotatable bonds is 7. The van der Waals surface area contributed by atoms with Gasteiger partial charge in [-0.2, -0.15) is 11.8 Å². The summed E-state index contributed by atoms with van der Waals surface area (Å²) >= 11 is 2.02. The summed E-state index contributed by atoms with van der Waals surface area (Å²) in [5.41, 5.74) is 7.86. The average molecular weight is 223 g/mol. The molecule has 0 heterocycles. The number of thioether (sulfide) groups is 1. The molecule has 2 N–H and O–H groups in total. The normalized spacial score (nSPS) is 10.5. The molecule has 0 aromatic heterocycles. The second kappa shape index (κ2) is 7.63. The zero-order chi connectivity index (χ0) is 10.9. The molecule has 0 aliphatic carbocycles. The van der Waals surface area contributed by atoms with Crippen LogP contribution in [0.5, 0.6) is 0 Å². The number of hydrogen-bond acceptors (Lipinski definition) is 2. The Bertz CT molecular complexity index is 256. The third-order valence-electron chi connectivity index (χ3n) is 2.39. The van der Waals surface area contributed by atoms with Crippen molar-refractivity contribution in [2.45, 2.75) is 38.4 Å². The van der Waals surface area contributed by atoms with Gasteiger partial charge in [0.15, 0.2) is 0 Å². The summed E-state index contributed by atoms with van der Waals surface area (Å²) in [6.07, 6.45) is 5.43.